The molecule has 0 radical (unpaired) electrons. The van der Waals surface area contributed by atoms with Crippen LogP contribution in [0.3, 0.4) is 0 Å². The van der Waals surface area contributed by atoms with Crippen molar-refractivity contribution in [2.24, 2.45) is 0 Å². The van der Waals surface area contributed by atoms with Gasteiger partial charge in [-0.15, -0.1) is 0 Å². The van der Waals surface area contributed by atoms with Crippen LogP contribution in [-0.2, 0) is 0 Å². The molecule has 0 saturated carbocycles. The molecule has 0 aliphatic heterocycles. The normalized spacial score (nSPS) is 10.2. The highest BCUT2D eigenvalue weighted by molar-refractivity contribution is 6.04. The zero-order valence-corrected chi connectivity index (χ0v) is 13.4. The molecule has 3 aromatic rings. The van der Waals surface area contributed by atoms with Gasteiger partial charge in [-0.05, 0) is 30.3 Å². The van der Waals surface area contributed by atoms with Crippen LogP contribution in [0, 0.1) is 5.82 Å². The third kappa shape index (κ3) is 4.08. The first-order chi connectivity index (χ1) is 12.2. The minimum absolute atomic E-state index is 0.263. The topological polar surface area (TPSA) is 76.1 Å². The molecule has 25 heavy (non-hydrogen) atoms. The van der Waals surface area contributed by atoms with Crippen molar-refractivity contribution in [3.63, 3.8) is 0 Å². The van der Waals surface area contributed by atoms with E-state index < -0.39 is 0 Å². The first-order valence-corrected chi connectivity index (χ1v) is 7.45. The number of nitrogens with one attached hydrogen (secondary N) is 2. The van der Waals surface area contributed by atoms with Crippen molar-refractivity contribution in [2.75, 3.05) is 17.7 Å². The Hall–Kier alpha value is -3.48. The molecule has 0 saturated heterocycles. The number of rotatable bonds is 5. The summed E-state index contributed by atoms with van der Waals surface area (Å²) in [5.41, 5.74) is 1.36. The molecule has 2 N–H and O–H groups in total. The molecule has 0 aliphatic rings. The van der Waals surface area contributed by atoms with Crippen LogP contribution in [0.5, 0.6) is 5.75 Å². The number of methoxy groups -OCH3 is 1. The fraction of sp³-hybridized carbons (Fsp3) is 0.0556. The lowest BCUT2D eigenvalue weighted by Crippen LogP contribution is -2.13. The molecule has 0 spiro atoms. The number of hydrogen-bond acceptors (Lipinski definition) is 5. The summed E-state index contributed by atoms with van der Waals surface area (Å²) in [5.74, 6) is 0.0974. The molecule has 7 heteroatoms. The Morgan fingerprint density at radius 1 is 1.08 bits per heavy atom. The van der Waals surface area contributed by atoms with Gasteiger partial charge in [-0.2, -0.15) is 0 Å². The standard InChI is InChI=1S/C18H15FN4O2/c1-25-16-8-3-2-7-15(16)23-17(24)12-10-20-18(21-11-12)22-14-6-4-5-13(19)9-14/h2-11H,1H3,(H,23,24)(H,20,21,22). The minimum atomic E-state index is -0.363. The number of hydrogen-bond donors (Lipinski definition) is 2. The van der Waals surface area contributed by atoms with Crippen molar-refractivity contribution in [3.8, 4) is 5.75 Å². The van der Waals surface area contributed by atoms with Gasteiger partial charge in [-0.3, -0.25) is 4.79 Å². The van der Waals surface area contributed by atoms with Gasteiger partial charge in [-0.25, -0.2) is 14.4 Å². The zero-order chi connectivity index (χ0) is 17.6. The second-order valence-corrected chi connectivity index (χ2v) is 5.09. The van der Waals surface area contributed by atoms with Crippen LogP contribution >= 0.6 is 0 Å². The SMILES string of the molecule is COc1ccccc1NC(=O)c1cnc(Nc2cccc(F)c2)nc1. The van der Waals surface area contributed by atoms with Gasteiger partial charge in [0, 0.05) is 18.1 Å². The zero-order valence-electron chi connectivity index (χ0n) is 13.4. The molecule has 1 aromatic heterocycles. The molecule has 2 aromatic carbocycles. The minimum Gasteiger partial charge on any atom is -0.495 e. The molecule has 1 heterocycles. The van der Waals surface area contributed by atoms with Gasteiger partial charge in [0.15, 0.2) is 0 Å². The molecule has 0 fully saturated rings. The predicted octanol–water partition coefficient (Wildman–Crippen LogP) is 3.62. The molecule has 0 atom stereocenters. The van der Waals surface area contributed by atoms with Crippen molar-refractivity contribution >= 4 is 23.2 Å². The highest BCUT2D eigenvalue weighted by Crippen LogP contribution is 2.23. The Bertz CT molecular complexity index is 884. The number of para-hydroxylation sites is 2. The molecular formula is C18H15FN4O2. The summed E-state index contributed by atoms with van der Waals surface area (Å²) in [6, 6.07) is 13.0. The summed E-state index contributed by atoms with van der Waals surface area (Å²) in [4.78, 5) is 20.4. The number of anilines is 3. The number of halogens is 1. The fourth-order valence-corrected chi connectivity index (χ4v) is 2.15. The maximum atomic E-state index is 13.2. The number of carbonyl (C=O) groups is 1. The first-order valence-electron chi connectivity index (χ1n) is 7.45. The smallest absolute Gasteiger partial charge is 0.258 e. The maximum Gasteiger partial charge on any atom is 0.258 e. The van der Waals surface area contributed by atoms with Crippen LogP contribution < -0.4 is 15.4 Å². The van der Waals surface area contributed by atoms with Crippen molar-refractivity contribution in [3.05, 3.63) is 72.3 Å². The van der Waals surface area contributed by atoms with Gasteiger partial charge in [0.25, 0.3) is 5.91 Å². The Kier molecular flexibility index (Phi) is 4.84. The summed E-state index contributed by atoms with van der Waals surface area (Å²) >= 11 is 0. The molecule has 126 valence electrons. The molecular weight excluding hydrogens is 323 g/mol. The lowest BCUT2D eigenvalue weighted by atomic mass is 10.2. The summed E-state index contributed by atoms with van der Waals surface area (Å²) in [6.07, 6.45) is 2.78. The summed E-state index contributed by atoms with van der Waals surface area (Å²) in [6.45, 7) is 0. The molecule has 0 aliphatic carbocycles. The van der Waals surface area contributed by atoms with E-state index in [0.29, 0.717) is 17.1 Å². The van der Waals surface area contributed by atoms with Crippen LogP contribution in [0.25, 0.3) is 0 Å². The van der Waals surface area contributed by atoms with E-state index in [1.54, 1.807) is 30.3 Å². The van der Waals surface area contributed by atoms with Crippen molar-refractivity contribution in [1.82, 2.24) is 9.97 Å². The van der Waals surface area contributed by atoms with Crippen LogP contribution in [0.1, 0.15) is 10.4 Å². The number of carbonyl (C=O) groups excluding carboxylic acids is 1. The van der Waals surface area contributed by atoms with E-state index in [1.165, 1.54) is 31.6 Å². The van der Waals surface area contributed by atoms with Crippen molar-refractivity contribution < 1.29 is 13.9 Å². The Labute approximate surface area is 143 Å². The number of ether oxygens (including phenoxy) is 1. The Balaban J connectivity index is 1.70. The molecule has 0 bridgehead atoms. The Morgan fingerprint density at radius 3 is 2.56 bits per heavy atom. The maximum absolute atomic E-state index is 13.2. The number of aromatic nitrogens is 2. The molecule has 3 rings (SSSR count). The van der Waals surface area contributed by atoms with Crippen molar-refractivity contribution in [2.45, 2.75) is 0 Å². The number of nitrogens with zero attached hydrogens (tertiary/aromatic N) is 2. The van der Waals surface area contributed by atoms with E-state index in [2.05, 4.69) is 20.6 Å². The fourth-order valence-electron chi connectivity index (χ4n) is 2.15. The van der Waals surface area contributed by atoms with E-state index in [4.69, 9.17) is 4.74 Å². The van der Waals surface area contributed by atoms with Gasteiger partial charge < -0.3 is 15.4 Å². The highest BCUT2D eigenvalue weighted by Gasteiger charge is 2.10. The van der Waals surface area contributed by atoms with Gasteiger partial charge in [0.2, 0.25) is 5.95 Å². The largest absolute Gasteiger partial charge is 0.495 e. The molecule has 6 nitrogen and oxygen atoms in total. The lowest BCUT2D eigenvalue weighted by molar-refractivity contribution is 0.102. The Morgan fingerprint density at radius 2 is 1.84 bits per heavy atom. The average Bonchev–Trinajstić information content (AvgIpc) is 2.63. The quantitative estimate of drug-likeness (QED) is 0.743. The van der Waals surface area contributed by atoms with Crippen LogP contribution in [0.2, 0.25) is 0 Å². The van der Waals surface area contributed by atoms with Crippen LogP contribution in [0.4, 0.5) is 21.7 Å². The van der Waals surface area contributed by atoms with Gasteiger partial charge >= 0.3 is 0 Å². The third-order valence-corrected chi connectivity index (χ3v) is 3.35. The second-order valence-electron chi connectivity index (χ2n) is 5.09. The second kappa shape index (κ2) is 7.39. The van der Waals surface area contributed by atoms with E-state index in [0.717, 1.165) is 0 Å². The van der Waals surface area contributed by atoms with Crippen molar-refractivity contribution in [1.29, 1.82) is 0 Å². The lowest BCUT2D eigenvalue weighted by Gasteiger charge is -2.10. The monoisotopic (exact) mass is 338 g/mol. The third-order valence-electron chi connectivity index (χ3n) is 3.35. The highest BCUT2D eigenvalue weighted by atomic mass is 19.1. The van der Waals surface area contributed by atoms with Gasteiger partial charge in [-0.1, -0.05) is 18.2 Å². The summed E-state index contributed by atoms with van der Waals surface area (Å²) in [5, 5.41) is 5.61. The van der Waals surface area contributed by atoms with E-state index in [-0.39, 0.29) is 23.2 Å². The molecule has 1 amide bonds. The van der Waals surface area contributed by atoms with E-state index in [1.807, 2.05) is 6.07 Å². The van der Waals surface area contributed by atoms with Gasteiger partial charge in [0.05, 0.1) is 18.4 Å². The number of amides is 1. The van der Waals surface area contributed by atoms with E-state index >= 15 is 0 Å². The molecule has 0 unspecified atom stereocenters. The van der Waals surface area contributed by atoms with Crippen LogP contribution in [-0.4, -0.2) is 23.0 Å². The number of benzene rings is 2. The predicted molar refractivity (Wildman–Crippen MR) is 92.7 cm³/mol. The summed E-state index contributed by atoms with van der Waals surface area (Å²) < 4.78 is 18.4. The van der Waals surface area contributed by atoms with E-state index in [9.17, 15) is 9.18 Å². The first kappa shape index (κ1) is 16.4. The van der Waals surface area contributed by atoms with Gasteiger partial charge in [0.1, 0.15) is 11.6 Å². The average molecular weight is 338 g/mol. The summed E-state index contributed by atoms with van der Waals surface area (Å²) in [7, 11) is 1.53. The van der Waals surface area contributed by atoms with Crippen LogP contribution in [0.15, 0.2) is 60.9 Å².